The van der Waals surface area contributed by atoms with E-state index in [1.807, 2.05) is 0 Å². The molecule has 0 aliphatic heterocycles. The lowest BCUT2D eigenvalue weighted by Crippen LogP contribution is -2.36. The molecule has 4 rings (SSSR count). The van der Waals surface area contributed by atoms with Gasteiger partial charge in [0.2, 0.25) is 0 Å². The molecule has 22 heavy (non-hydrogen) atoms. The van der Waals surface area contributed by atoms with Gasteiger partial charge in [-0.1, -0.05) is 18.6 Å². The normalized spacial score (nSPS) is 29.9. The molecule has 3 aliphatic carbocycles. The molecule has 0 bridgehead atoms. The van der Waals surface area contributed by atoms with Crippen molar-refractivity contribution in [3.05, 3.63) is 34.9 Å². The Labute approximate surface area is 132 Å². The molecule has 0 radical (unpaired) electrons. The number of hydrogen-bond acceptors (Lipinski definition) is 2. The van der Waals surface area contributed by atoms with Crippen molar-refractivity contribution in [3.63, 3.8) is 0 Å². The van der Waals surface area contributed by atoms with Crippen LogP contribution in [-0.4, -0.2) is 12.9 Å². The number of carbonyl (C=O) groups is 1. The second-order valence-electron chi connectivity index (χ2n) is 7.05. The molecule has 1 saturated carbocycles. The number of fused-ring (bicyclic) bond motifs is 4. The fourth-order valence-corrected chi connectivity index (χ4v) is 5.26. The van der Waals surface area contributed by atoms with Crippen LogP contribution < -0.4 is 4.74 Å². The Morgan fingerprint density at radius 3 is 2.86 bits per heavy atom. The van der Waals surface area contributed by atoms with Crippen molar-refractivity contribution in [3.8, 4) is 5.75 Å². The van der Waals surface area contributed by atoms with Crippen LogP contribution in [0.4, 0.5) is 0 Å². The van der Waals surface area contributed by atoms with Crippen molar-refractivity contribution >= 4 is 11.4 Å². The minimum Gasteiger partial charge on any atom is -0.497 e. The Morgan fingerprint density at radius 1 is 1.23 bits per heavy atom. The Bertz CT molecular complexity index is 670. The van der Waals surface area contributed by atoms with Crippen LogP contribution in [0.25, 0.3) is 5.57 Å². The van der Waals surface area contributed by atoms with Crippen LogP contribution in [-0.2, 0) is 11.2 Å². The van der Waals surface area contributed by atoms with Gasteiger partial charge in [0, 0.05) is 11.8 Å². The van der Waals surface area contributed by atoms with Crippen molar-refractivity contribution in [2.45, 2.75) is 51.9 Å². The number of benzene rings is 1. The third-order valence-electron chi connectivity index (χ3n) is 6.44. The third-order valence-corrected chi connectivity index (χ3v) is 6.44. The molecule has 1 unspecified atom stereocenters. The zero-order chi connectivity index (χ0) is 15.3. The van der Waals surface area contributed by atoms with Gasteiger partial charge in [0.1, 0.15) is 11.5 Å². The van der Waals surface area contributed by atoms with Gasteiger partial charge in [-0.2, -0.15) is 0 Å². The summed E-state index contributed by atoms with van der Waals surface area (Å²) in [7, 11) is 1.73. The quantitative estimate of drug-likeness (QED) is 0.799. The average Bonchev–Trinajstić information content (AvgIpc) is 2.91. The molecule has 1 fully saturated rings. The van der Waals surface area contributed by atoms with Crippen LogP contribution in [0.3, 0.4) is 0 Å². The molecule has 0 heterocycles. The number of hydrogen-bond donors (Lipinski definition) is 0. The predicted octanol–water partition coefficient (Wildman–Crippen LogP) is 4.56. The molecule has 0 amide bonds. The summed E-state index contributed by atoms with van der Waals surface area (Å²) < 4.78 is 5.37. The summed E-state index contributed by atoms with van der Waals surface area (Å²) in [5.74, 6) is 2.01. The maximum Gasteiger partial charge on any atom is 0.139 e. The molecule has 1 aromatic carbocycles. The number of methoxy groups -OCH3 is 1. The summed E-state index contributed by atoms with van der Waals surface area (Å²) in [6.07, 6.45) is 7.25. The fourth-order valence-electron chi connectivity index (χ4n) is 5.26. The van der Waals surface area contributed by atoms with Crippen molar-refractivity contribution in [1.82, 2.24) is 0 Å². The Balaban J connectivity index is 1.81. The van der Waals surface area contributed by atoms with Gasteiger partial charge < -0.3 is 4.74 Å². The molecule has 0 aromatic heterocycles. The van der Waals surface area contributed by atoms with Crippen LogP contribution in [0.1, 0.15) is 56.6 Å². The Morgan fingerprint density at radius 2 is 2.09 bits per heavy atom. The number of rotatable bonds is 2. The highest BCUT2D eigenvalue weighted by molar-refractivity contribution is 5.90. The summed E-state index contributed by atoms with van der Waals surface area (Å²) in [5, 5.41) is 0. The molecule has 2 nitrogen and oxygen atoms in total. The van der Waals surface area contributed by atoms with E-state index in [9.17, 15) is 4.79 Å². The molecule has 1 aromatic rings. The number of ketones is 1. The molecule has 0 N–H and O–H groups in total. The Kier molecular flexibility index (Phi) is 3.18. The van der Waals surface area contributed by atoms with Gasteiger partial charge in [-0.15, -0.1) is 0 Å². The molecule has 0 saturated heterocycles. The van der Waals surface area contributed by atoms with Crippen LogP contribution in [0.15, 0.2) is 23.8 Å². The predicted molar refractivity (Wildman–Crippen MR) is 87.9 cm³/mol. The molecular formula is C20H24O2. The van der Waals surface area contributed by atoms with Gasteiger partial charge >= 0.3 is 0 Å². The lowest BCUT2D eigenvalue weighted by atomic mass is 9.61. The second-order valence-corrected chi connectivity index (χ2v) is 7.05. The molecule has 2 atom stereocenters. The Hall–Kier alpha value is -1.57. The monoisotopic (exact) mass is 296 g/mol. The first-order chi connectivity index (χ1) is 10.7. The second kappa shape index (κ2) is 4.97. The first-order valence-corrected chi connectivity index (χ1v) is 8.62. The van der Waals surface area contributed by atoms with Crippen molar-refractivity contribution in [2.75, 3.05) is 7.11 Å². The van der Waals surface area contributed by atoms with E-state index in [0.29, 0.717) is 11.7 Å². The number of Topliss-reactive ketones (excluding diaryl/α,β-unsaturated/α-hetero) is 1. The number of aryl methyl sites for hydroxylation is 1. The zero-order valence-electron chi connectivity index (χ0n) is 13.6. The number of carbonyl (C=O) groups excluding carboxylic acids is 1. The van der Waals surface area contributed by atoms with Gasteiger partial charge in [0.15, 0.2) is 0 Å². The van der Waals surface area contributed by atoms with Crippen LogP contribution in [0.2, 0.25) is 0 Å². The highest BCUT2D eigenvalue weighted by Crippen LogP contribution is 2.58. The summed E-state index contributed by atoms with van der Waals surface area (Å²) >= 11 is 0. The van der Waals surface area contributed by atoms with Gasteiger partial charge in [0.05, 0.1) is 7.11 Å². The zero-order valence-corrected chi connectivity index (χ0v) is 13.6. The van der Waals surface area contributed by atoms with E-state index < -0.39 is 0 Å². The molecule has 3 aliphatic rings. The molecule has 0 spiro atoms. The lowest BCUT2D eigenvalue weighted by molar-refractivity contribution is -0.127. The SMILES string of the molecule is CC[C@]12CCC3=C(CCc4cc(OC)ccc43)C1CCC2=O. The lowest BCUT2D eigenvalue weighted by Gasteiger charge is -2.42. The van der Waals surface area contributed by atoms with E-state index in [1.54, 1.807) is 18.3 Å². The van der Waals surface area contributed by atoms with Gasteiger partial charge in [-0.25, -0.2) is 0 Å². The van der Waals surface area contributed by atoms with E-state index in [1.165, 1.54) is 11.1 Å². The van der Waals surface area contributed by atoms with E-state index in [-0.39, 0.29) is 5.41 Å². The maximum atomic E-state index is 12.5. The number of ether oxygens (including phenoxy) is 1. The fraction of sp³-hybridized carbons (Fsp3) is 0.550. The first-order valence-electron chi connectivity index (χ1n) is 8.62. The van der Waals surface area contributed by atoms with E-state index in [2.05, 4.69) is 25.1 Å². The van der Waals surface area contributed by atoms with E-state index in [0.717, 1.165) is 50.7 Å². The largest absolute Gasteiger partial charge is 0.497 e. The van der Waals surface area contributed by atoms with Crippen LogP contribution in [0.5, 0.6) is 5.75 Å². The highest BCUT2D eigenvalue weighted by Gasteiger charge is 2.52. The van der Waals surface area contributed by atoms with Gasteiger partial charge in [-0.05, 0) is 73.3 Å². The van der Waals surface area contributed by atoms with Crippen LogP contribution >= 0.6 is 0 Å². The topological polar surface area (TPSA) is 26.3 Å². The summed E-state index contributed by atoms with van der Waals surface area (Å²) in [6, 6.07) is 6.51. The highest BCUT2D eigenvalue weighted by atomic mass is 16.5. The summed E-state index contributed by atoms with van der Waals surface area (Å²) in [5.41, 5.74) is 5.98. The van der Waals surface area contributed by atoms with Crippen molar-refractivity contribution < 1.29 is 9.53 Å². The molecule has 116 valence electrons. The van der Waals surface area contributed by atoms with E-state index >= 15 is 0 Å². The minimum absolute atomic E-state index is 0.0250. The van der Waals surface area contributed by atoms with Crippen molar-refractivity contribution in [2.24, 2.45) is 11.3 Å². The minimum atomic E-state index is -0.0250. The smallest absolute Gasteiger partial charge is 0.139 e. The number of allylic oxidation sites excluding steroid dienone is 2. The summed E-state index contributed by atoms with van der Waals surface area (Å²) in [6.45, 7) is 2.21. The molecular weight excluding hydrogens is 272 g/mol. The average molecular weight is 296 g/mol. The third kappa shape index (κ3) is 1.76. The van der Waals surface area contributed by atoms with E-state index in [4.69, 9.17) is 4.74 Å². The first kappa shape index (κ1) is 14.0. The maximum absolute atomic E-state index is 12.5. The van der Waals surface area contributed by atoms with Gasteiger partial charge in [0.25, 0.3) is 0 Å². The van der Waals surface area contributed by atoms with Crippen LogP contribution in [0, 0.1) is 11.3 Å². The molecule has 2 heteroatoms. The van der Waals surface area contributed by atoms with Gasteiger partial charge in [-0.3, -0.25) is 4.79 Å². The van der Waals surface area contributed by atoms with Crippen molar-refractivity contribution in [1.29, 1.82) is 0 Å². The standard InChI is InChI=1S/C20H24O2/c1-3-20-11-10-16-15-7-5-14(22-2)12-13(15)4-6-17(16)18(20)8-9-19(20)21/h5,7,12,18H,3-4,6,8-11H2,1-2H3/t18?,20-/m0/s1. The summed E-state index contributed by atoms with van der Waals surface area (Å²) in [4.78, 5) is 12.5.